The molecule has 0 saturated heterocycles. The molecule has 0 amide bonds. The van der Waals surface area contributed by atoms with Crippen LogP contribution in [0, 0.1) is 11.8 Å². The number of hydrogen-bond acceptors (Lipinski definition) is 6. The van der Waals surface area contributed by atoms with E-state index >= 15 is 0 Å². The van der Waals surface area contributed by atoms with Gasteiger partial charge in [-0.1, -0.05) is 27.7 Å². The Kier molecular flexibility index (Phi) is 9.15. The SMILES string of the molecule is COCCCOc1cc(NCC(C)C)ncc1C(=O)OCC(C)C. The number of rotatable bonds is 11. The second-order valence-electron chi connectivity index (χ2n) is 6.53. The number of nitrogens with one attached hydrogen (secondary N) is 1. The smallest absolute Gasteiger partial charge is 0.343 e. The van der Waals surface area contributed by atoms with Crippen molar-refractivity contribution < 1.29 is 19.0 Å². The van der Waals surface area contributed by atoms with Crippen molar-refractivity contribution in [3.05, 3.63) is 17.8 Å². The fraction of sp³-hybridized carbons (Fsp3) is 0.667. The van der Waals surface area contributed by atoms with Gasteiger partial charge < -0.3 is 19.5 Å². The maximum absolute atomic E-state index is 12.2. The molecule has 1 aromatic heterocycles. The van der Waals surface area contributed by atoms with Crippen LogP contribution in [0.3, 0.4) is 0 Å². The molecule has 1 heterocycles. The molecular weight excluding hydrogens is 308 g/mol. The van der Waals surface area contributed by atoms with Crippen molar-refractivity contribution in [3.63, 3.8) is 0 Å². The van der Waals surface area contributed by atoms with Crippen LogP contribution in [-0.2, 0) is 9.47 Å². The molecule has 0 spiro atoms. The third kappa shape index (κ3) is 7.64. The van der Waals surface area contributed by atoms with E-state index < -0.39 is 5.97 Å². The molecule has 136 valence electrons. The van der Waals surface area contributed by atoms with Gasteiger partial charge in [-0.2, -0.15) is 0 Å². The van der Waals surface area contributed by atoms with Crippen molar-refractivity contribution >= 4 is 11.8 Å². The van der Waals surface area contributed by atoms with E-state index in [1.807, 2.05) is 13.8 Å². The van der Waals surface area contributed by atoms with Crippen molar-refractivity contribution in [2.24, 2.45) is 11.8 Å². The van der Waals surface area contributed by atoms with Crippen LogP contribution < -0.4 is 10.1 Å². The van der Waals surface area contributed by atoms with Gasteiger partial charge in [-0.05, 0) is 11.8 Å². The van der Waals surface area contributed by atoms with Crippen molar-refractivity contribution in [1.82, 2.24) is 4.98 Å². The van der Waals surface area contributed by atoms with Gasteiger partial charge in [0.05, 0.1) is 13.2 Å². The summed E-state index contributed by atoms with van der Waals surface area (Å²) in [6.07, 6.45) is 2.25. The molecule has 0 atom stereocenters. The number of carbonyl (C=O) groups is 1. The lowest BCUT2D eigenvalue weighted by Crippen LogP contribution is -2.14. The Morgan fingerprint density at radius 1 is 1.21 bits per heavy atom. The lowest BCUT2D eigenvalue weighted by atomic mass is 10.2. The molecule has 0 aromatic carbocycles. The molecule has 1 N–H and O–H groups in total. The minimum Gasteiger partial charge on any atom is -0.492 e. The Labute approximate surface area is 144 Å². The van der Waals surface area contributed by atoms with Crippen LogP contribution in [0.25, 0.3) is 0 Å². The number of carbonyl (C=O) groups excluding carboxylic acids is 1. The van der Waals surface area contributed by atoms with Gasteiger partial charge in [0, 0.05) is 38.9 Å². The molecule has 0 aliphatic heterocycles. The number of nitrogens with zero attached hydrogens (tertiary/aromatic N) is 1. The fourth-order valence-corrected chi connectivity index (χ4v) is 1.82. The van der Waals surface area contributed by atoms with E-state index in [0.717, 1.165) is 13.0 Å². The zero-order chi connectivity index (χ0) is 17.9. The Balaban J connectivity index is 2.83. The highest BCUT2D eigenvalue weighted by atomic mass is 16.5. The van der Waals surface area contributed by atoms with E-state index in [0.29, 0.717) is 42.9 Å². The van der Waals surface area contributed by atoms with Gasteiger partial charge in [0.15, 0.2) is 0 Å². The molecule has 0 saturated carbocycles. The zero-order valence-corrected chi connectivity index (χ0v) is 15.4. The minimum atomic E-state index is -0.409. The molecule has 0 fully saturated rings. The summed E-state index contributed by atoms with van der Waals surface area (Å²) in [5, 5.41) is 3.23. The number of esters is 1. The molecule has 24 heavy (non-hydrogen) atoms. The Hall–Kier alpha value is -1.82. The quantitative estimate of drug-likeness (QED) is 0.493. The number of pyridine rings is 1. The second-order valence-corrected chi connectivity index (χ2v) is 6.53. The van der Waals surface area contributed by atoms with E-state index in [2.05, 4.69) is 24.1 Å². The first-order valence-electron chi connectivity index (χ1n) is 8.46. The first-order valence-corrected chi connectivity index (χ1v) is 8.46. The molecule has 1 rings (SSSR count). The summed E-state index contributed by atoms with van der Waals surface area (Å²) in [4.78, 5) is 16.5. The van der Waals surface area contributed by atoms with Gasteiger partial charge in [-0.15, -0.1) is 0 Å². The summed E-state index contributed by atoms with van der Waals surface area (Å²) in [5.41, 5.74) is 0.350. The van der Waals surface area contributed by atoms with Crippen LogP contribution in [0.15, 0.2) is 12.3 Å². The van der Waals surface area contributed by atoms with Gasteiger partial charge in [0.2, 0.25) is 0 Å². The first-order chi connectivity index (χ1) is 11.4. The molecule has 1 aromatic rings. The van der Waals surface area contributed by atoms with Crippen LogP contribution in [-0.4, -0.2) is 44.4 Å². The maximum Gasteiger partial charge on any atom is 0.343 e. The average Bonchev–Trinajstić information content (AvgIpc) is 2.54. The number of hydrogen-bond donors (Lipinski definition) is 1. The lowest BCUT2D eigenvalue weighted by molar-refractivity contribution is 0.0453. The monoisotopic (exact) mass is 338 g/mol. The zero-order valence-electron chi connectivity index (χ0n) is 15.4. The Bertz CT molecular complexity index is 504. The highest BCUT2D eigenvalue weighted by Crippen LogP contribution is 2.23. The largest absolute Gasteiger partial charge is 0.492 e. The predicted molar refractivity (Wildman–Crippen MR) is 94.7 cm³/mol. The standard InChI is InChI=1S/C18H30N2O4/c1-13(2)10-19-17-9-16(23-8-6-7-22-5)15(11-20-17)18(21)24-12-14(3)4/h9,11,13-14H,6-8,10,12H2,1-5H3,(H,19,20). The third-order valence-electron chi connectivity index (χ3n) is 3.08. The van der Waals surface area contributed by atoms with Gasteiger partial charge in [0.25, 0.3) is 0 Å². The molecule has 0 aliphatic rings. The molecule has 0 bridgehead atoms. The van der Waals surface area contributed by atoms with Crippen LogP contribution in [0.1, 0.15) is 44.5 Å². The van der Waals surface area contributed by atoms with Crippen LogP contribution in [0.4, 0.5) is 5.82 Å². The van der Waals surface area contributed by atoms with Crippen molar-refractivity contribution in [1.29, 1.82) is 0 Å². The number of anilines is 1. The van der Waals surface area contributed by atoms with E-state index in [1.54, 1.807) is 13.2 Å². The van der Waals surface area contributed by atoms with E-state index in [1.165, 1.54) is 6.20 Å². The highest BCUT2D eigenvalue weighted by Gasteiger charge is 2.16. The van der Waals surface area contributed by atoms with Crippen molar-refractivity contribution in [2.75, 3.05) is 38.8 Å². The van der Waals surface area contributed by atoms with E-state index in [-0.39, 0.29) is 5.92 Å². The Morgan fingerprint density at radius 3 is 2.58 bits per heavy atom. The predicted octanol–water partition coefficient (Wildman–Crippen LogP) is 3.38. The highest BCUT2D eigenvalue weighted by molar-refractivity contribution is 5.92. The first kappa shape index (κ1) is 20.2. The Morgan fingerprint density at radius 2 is 1.96 bits per heavy atom. The molecular formula is C18H30N2O4. The molecule has 6 heteroatoms. The average molecular weight is 338 g/mol. The van der Waals surface area contributed by atoms with Crippen LogP contribution in [0.2, 0.25) is 0 Å². The summed E-state index contributed by atoms with van der Waals surface area (Å²) < 4.78 is 16.1. The number of methoxy groups -OCH3 is 1. The molecule has 6 nitrogen and oxygen atoms in total. The summed E-state index contributed by atoms with van der Waals surface area (Å²) >= 11 is 0. The fourth-order valence-electron chi connectivity index (χ4n) is 1.82. The second kappa shape index (κ2) is 10.9. The normalized spacial score (nSPS) is 11.0. The molecule has 0 radical (unpaired) electrons. The lowest BCUT2D eigenvalue weighted by Gasteiger charge is -2.14. The van der Waals surface area contributed by atoms with Crippen LogP contribution >= 0.6 is 0 Å². The number of ether oxygens (including phenoxy) is 3. The summed E-state index contributed by atoms with van der Waals surface area (Å²) in [6, 6.07) is 1.75. The van der Waals surface area contributed by atoms with Crippen molar-refractivity contribution in [2.45, 2.75) is 34.1 Å². The van der Waals surface area contributed by atoms with Gasteiger partial charge in [0.1, 0.15) is 17.1 Å². The van der Waals surface area contributed by atoms with E-state index in [4.69, 9.17) is 14.2 Å². The third-order valence-corrected chi connectivity index (χ3v) is 3.08. The maximum atomic E-state index is 12.2. The summed E-state index contributed by atoms with van der Waals surface area (Å²) in [7, 11) is 1.65. The topological polar surface area (TPSA) is 69.7 Å². The summed E-state index contributed by atoms with van der Waals surface area (Å²) in [5.74, 6) is 1.54. The van der Waals surface area contributed by atoms with Gasteiger partial charge >= 0.3 is 5.97 Å². The molecule has 0 aliphatic carbocycles. The van der Waals surface area contributed by atoms with E-state index in [9.17, 15) is 4.79 Å². The molecule has 0 unspecified atom stereocenters. The van der Waals surface area contributed by atoms with Crippen LogP contribution in [0.5, 0.6) is 5.75 Å². The number of aromatic nitrogens is 1. The summed E-state index contributed by atoms with van der Waals surface area (Å²) in [6.45, 7) is 10.5. The minimum absolute atomic E-state index is 0.278. The van der Waals surface area contributed by atoms with Gasteiger partial charge in [-0.25, -0.2) is 9.78 Å². The van der Waals surface area contributed by atoms with Crippen molar-refractivity contribution in [3.8, 4) is 5.75 Å². The van der Waals surface area contributed by atoms with Gasteiger partial charge in [-0.3, -0.25) is 0 Å².